The van der Waals surface area contributed by atoms with Gasteiger partial charge in [-0.15, -0.1) is 0 Å². The molecule has 2 heterocycles. The molecule has 2 atom stereocenters. The molecule has 0 spiro atoms. The Kier molecular flexibility index (Phi) is 12.0. The van der Waals surface area contributed by atoms with Crippen molar-refractivity contribution in [1.82, 2.24) is 21.1 Å². The average molecular weight is 523 g/mol. The zero-order valence-corrected chi connectivity index (χ0v) is 22.3. The predicted molar refractivity (Wildman–Crippen MR) is 136 cm³/mol. The van der Waals surface area contributed by atoms with Crippen LogP contribution < -0.4 is 16.1 Å². The van der Waals surface area contributed by atoms with Crippen LogP contribution in [0.5, 0.6) is 0 Å². The van der Waals surface area contributed by atoms with Crippen molar-refractivity contribution < 1.29 is 28.7 Å². The van der Waals surface area contributed by atoms with E-state index in [1.54, 1.807) is 13.8 Å². The fourth-order valence-electron chi connectivity index (χ4n) is 3.84. The van der Waals surface area contributed by atoms with Crippen LogP contribution in [0.1, 0.15) is 58.9 Å². The molecule has 0 bridgehead atoms. The van der Waals surface area contributed by atoms with Crippen molar-refractivity contribution in [2.75, 3.05) is 19.7 Å². The highest BCUT2D eigenvalue weighted by Gasteiger charge is 2.35. The van der Waals surface area contributed by atoms with Crippen LogP contribution >= 0.6 is 11.3 Å². The van der Waals surface area contributed by atoms with E-state index in [0.29, 0.717) is 25.8 Å². The number of nitrogens with one attached hydrogen (secondary N) is 3. The summed E-state index contributed by atoms with van der Waals surface area (Å²) in [6.45, 7) is 7.75. The molecule has 0 aliphatic carbocycles. The number of amides is 3. The van der Waals surface area contributed by atoms with Crippen molar-refractivity contribution in [1.29, 1.82) is 0 Å². The predicted octanol–water partition coefficient (Wildman–Crippen LogP) is 1.59. The Balaban J connectivity index is 1.90. The summed E-state index contributed by atoms with van der Waals surface area (Å²) in [5.41, 5.74) is 3.79. The first-order valence-corrected chi connectivity index (χ1v) is 13.3. The molecule has 1 aromatic heterocycles. The Morgan fingerprint density at radius 3 is 2.58 bits per heavy atom. The molecule has 1 aliphatic heterocycles. The second-order valence-electron chi connectivity index (χ2n) is 9.69. The van der Waals surface area contributed by atoms with Crippen molar-refractivity contribution in [3.05, 3.63) is 22.4 Å². The molecule has 1 saturated heterocycles. The van der Waals surface area contributed by atoms with Gasteiger partial charge in [0.05, 0.1) is 12.5 Å². The van der Waals surface area contributed by atoms with E-state index < -0.39 is 36.4 Å². The number of carbonyl (C=O) groups is 5. The van der Waals surface area contributed by atoms with Crippen molar-refractivity contribution in [2.45, 2.75) is 71.9 Å². The number of ether oxygens (including phenoxy) is 1. The minimum absolute atomic E-state index is 0.0488. The van der Waals surface area contributed by atoms with Crippen LogP contribution in [0.4, 0.5) is 0 Å². The van der Waals surface area contributed by atoms with Crippen LogP contribution in [0.3, 0.4) is 0 Å². The Bertz CT molecular complexity index is 902. The van der Waals surface area contributed by atoms with E-state index in [9.17, 15) is 24.0 Å². The van der Waals surface area contributed by atoms with Crippen molar-refractivity contribution in [3.63, 3.8) is 0 Å². The van der Waals surface area contributed by atoms with Crippen LogP contribution in [0, 0.1) is 11.8 Å². The molecule has 200 valence electrons. The molecule has 1 aromatic rings. The van der Waals surface area contributed by atoms with Crippen LogP contribution in [0.2, 0.25) is 0 Å². The molecule has 0 aromatic carbocycles. The third kappa shape index (κ3) is 9.69. The monoisotopic (exact) mass is 522 g/mol. The van der Waals surface area contributed by atoms with Gasteiger partial charge in [0.2, 0.25) is 17.7 Å². The molecule has 2 rings (SSSR count). The van der Waals surface area contributed by atoms with Crippen molar-refractivity contribution in [2.24, 2.45) is 11.8 Å². The third-order valence-corrected chi connectivity index (χ3v) is 6.42. The minimum Gasteiger partial charge on any atom is -0.457 e. The molecule has 11 heteroatoms. The second kappa shape index (κ2) is 14.7. The lowest BCUT2D eigenvalue weighted by molar-refractivity contribution is -0.150. The molecule has 1 aliphatic rings. The first-order chi connectivity index (χ1) is 17.1. The highest BCUT2D eigenvalue weighted by molar-refractivity contribution is 7.08. The number of hydrogen-bond donors (Lipinski definition) is 3. The summed E-state index contributed by atoms with van der Waals surface area (Å²) >= 11 is 1.47. The minimum atomic E-state index is -0.861. The SMILES string of the molecule is CC(C)CC(=O)NCCC(=O)N1NCCCC1C(=O)NC(C(=O)COC(=O)Cc1ccsc1)C(C)C. The van der Waals surface area contributed by atoms with Gasteiger partial charge in [-0.3, -0.25) is 29.0 Å². The lowest BCUT2D eigenvalue weighted by Crippen LogP contribution is -2.61. The van der Waals surface area contributed by atoms with Gasteiger partial charge in [-0.25, -0.2) is 5.43 Å². The second-order valence-corrected chi connectivity index (χ2v) is 10.5. The lowest BCUT2D eigenvalue weighted by Gasteiger charge is -2.36. The number of thiophene rings is 1. The number of ketones is 1. The fourth-order valence-corrected chi connectivity index (χ4v) is 4.51. The van der Waals surface area contributed by atoms with E-state index in [-0.39, 0.29) is 43.0 Å². The number of esters is 1. The van der Waals surface area contributed by atoms with Gasteiger partial charge in [-0.1, -0.05) is 27.7 Å². The standard InChI is InChI=1S/C25H38N4O6S/c1-16(2)12-21(31)26-10-7-22(32)29-19(6-5-9-27-29)25(34)28-24(17(3)4)20(30)14-35-23(33)13-18-8-11-36-15-18/h8,11,15-17,19,24,27H,5-7,9-10,12-14H2,1-4H3,(H,26,31)(H,28,34). The molecule has 1 fully saturated rings. The smallest absolute Gasteiger partial charge is 0.310 e. The largest absolute Gasteiger partial charge is 0.457 e. The number of nitrogens with zero attached hydrogens (tertiary/aromatic N) is 1. The van der Waals surface area contributed by atoms with Crippen LogP contribution in [-0.2, 0) is 35.1 Å². The maximum absolute atomic E-state index is 13.1. The average Bonchev–Trinajstić information content (AvgIpc) is 3.33. The summed E-state index contributed by atoms with van der Waals surface area (Å²) in [5.74, 6) is -1.82. The van der Waals surface area contributed by atoms with Crippen molar-refractivity contribution >= 4 is 40.8 Å². The Morgan fingerprint density at radius 1 is 1.19 bits per heavy atom. The molecular formula is C25H38N4O6S. The fraction of sp³-hybridized carbons (Fsp3) is 0.640. The van der Waals surface area contributed by atoms with Crippen LogP contribution in [-0.4, -0.2) is 66.3 Å². The van der Waals surface area contributed by atoms with Gasteiger partial charge in [-0.05, 0) is 47.1 Å². The summed E-state index contributed by atoms with van der Waals surface area (Å²) in [5, 5.41) is 10.5. The van der Waals surface area contributed by atoms with E-state index in [4.69, 9.17) is 4.74 Å². The Morgan fingerprint density at radius 2 is 1.94 bits per heavy atom. The number of carbonyl (C=O) groups excluding carboxylic acids is 5. The molecule has 0 radical (unpaired) electrons. The molecule has 2 unspecified atom stereocenters. The van der Waals surface area contributed by atoms with Gasteiger partial charge in [0.25, 0.3) is 0 Å². The molecule has 36 heavy (non-hydrogen) atoms. The Labute approximate surface area is 216 Å². The third-order valence-electron chi connectivity index (χ3n) is 5.69. The summed E-state index contributed by atoms with van der Waals surface area (Å²) in [6, 6.07) is 0.170. The van der Waals surface area contributed by atoms with Gasteiger partial charge >= 0.3 is 5.97 Å². The topological polar surface area (TPSA) is 134 Å². The summed E-state index contributed by atoms with van der Waals surface area (Å²) in [7, 11) is 0. The van der Waals surface area contributed by atoms with Crippen molar-refractivity contribution in [3.8, 4) is 0 Å². The highest BCUT2D eigenvalue weighted by Crippen LogP contribution is 2.14. The van der Waals surface area contributed by atoms with Gasteiger partial charge < -0.3 is 15.4 Å². The molecular weight excluding hydrogens is 484 g/mol. The summed E-state index contributed by atoms with van der Waals surface area (Å²) in [4.78, 5) is 62.5. The molecule has 3 N–H and O–H groups in total. The van der Waals surface area contributed by atoms with Gasteiger partial charge in [0.1, 0.15) is 6.04 Å². The van der Waals surface area contributed by atoms with E-state index in [1.165, 1.54) is 16.3 Å². The zero-order valence-electron chi connectivity index (χ0n) is 21.5. The highest BCUT2D eigenvalue weighted by atomic mass is 32.1. The van der Waals surface area contributed by atoms with Gasteiger partial charge in [0, 0.05) is 25.9 Å². The van der Waals surface area contributed by atoms with E-state index in [2.05, 4.69) is 16.1 Å². The normalized spacial score (nSPS) is 16.5. The van der Waals surface area contributed by atoms with E-state index in [1.807, 2.05) is 30.7 Å². The van der Waals surface area contributed by atoms with Crippen LogP contribution in [0.15, 0.2) is 16.8 Å². The number of hydrazine groups is 1. The maximum Gasteiger partial charge on any atom is 0.310 e. The first kappa shape index (κ1) is 29.4. The first-order valence-electron chi connectivity index (χ1n) is 12.4. The van der Waals surface area contributed by atoms with Crippen LogP contribution in [0.25, 0.3) is 0 Å². The quantitative estimate of drug-likeness (QED) is 0.335. The molecule has 3 amide bonds. The lowest BCUT2D eigenvalue weighted by atomic mass is 9.98. The Hall–Kier alpha value is -2.79. The number of rotatable bonds is 13. The molecule has 0 saturated carbocycles. The summed E-state index contributed by atoms with van der Waals surface area (Å²) in [6.07, 6.45) is 1.65. The van der Waals surface area contributed by atoms with Gasteiger partial charge in [0.15, 0.2) is 12.4 Å². The van der Waals surface area contributed by atoms with E-state index in [0.717, 1.165) is 5.56 Å². The molecule has 10 nitrogen and oxygen atoms in total. The van der Waals surface area contributed by atoms with Gasteiger partial charge in [-0.2, -0.15) is 11.3 Å². The summed E-state index contributed by atoms with van der Waals surface area (Å²) < 4.78 is 5.14. The van der Waals surface area contributed by atoms with E-state index >= 15 is 0 Å². The number of hydrogen-bond acceptors (Lipinski definition) is 8. The zero-order chi connectivity index (χ0) is 26.7. The number of Topliss-reactive ketones (excluding diaryl/α,β-unsaturated/α-hetero) is 1. The maximum atomic E-state index is 13.1.